The van der Waals surface area contributed by atoms with Gasteiger partial charge in [-0.3, -0.25) is 0 Å². The monoisotopic (exact) mass is 592 g/mol. The fourth-order valence-electron chi connectivity index (χ4n) is 1.96. The van der Waals surface area contributed by atoms with Crippen molar-refractivity contribution < 1.29 is 79.0 Å². The summed E-state index contributed by atoms with van der Waals surface area (Å²) in [6.45, 7) is -8.54. The van der Waals surface area contributed by atoms with Crippen LogP contribution in [0, 0.1) is 0 Å². The second kappa shape index (κ2) is 8.88. The Labute approximate surface area is 181 Å². The number of hydrogen-bond donors (Lipinski definition) is 0. The van der Waals surface area contributed by atoms with Gasteiger partial charge in [0.15, 0.2) is 0 Å². The molecule has 0 aliphatic rings. The molecule has 0 bridgehead atoms. The van der Waals surface area contributed by atoms with Crippen molar-refractivity contribution in [3.05, 3.63) is 0 Å². The molecule has 0 aliphatic heterocycles. The van der Waals surface area contributed by atoms with Crippen LogP contribution in [0.5, 0.6) is 0 Å². The summed E-state index contributed by atoms with van der Waals surface area (Å²) in [5.74, 6) is -28.1. The highest BCUT2D eigenvalue weighted by molar-refractivity contribution is 7.47. The molecule has 0 aromatic heterocycles. The molecule has 33 heavy (non-hydrogen) atoms. The molecule has 0 rings (SSSR count). The maximum atomic E-state index is 13.9. The summed E-state index contributed by atoms with van der Waals surface area (Å²) in [7, 11) is 0. The van der Waals surface area contributed by atoms with Gasteiger partial charge in [-0.25, -0.2) is 17.6 Å². The van der Waals surface area contributed by atoms with Gasteiger partial charge in [-0.05, 0) is 0 Å². The zero-order valence-electron chi connectivity index (χ0n) is 14.9. The summed E-state index contributed by atoms with van der Waals surface area (Å²) in [5, 5.41) is 0. The maximum Gasteiger partial charge on any atom is 0.417 e. The Morgan fingerprint density at radius 2 is 0.606 bits per heavy atom. The van der Waals surface area contributed by atoms with Crippen molar-refractivity contribution in [3.8, 4) is 0 Å². The Kier molecular flexibility index (Phi) is 8.76. The van der Waals surface area contributed by atoms with Gasteiger partial charge >= 0.3 is 53.8 Å². The van der Waals surface area contributed by atoms with E-state index in [9.17, 15) is 79.0 Å². The number of alkyl halides is 18. The van der Waals surface area contributed by atoms with Gasteiger partial charge in [-0.2, -0.15) is 61.5 Å². The van der Waals surface area contributed by atoms with E-state index in [1.165, 1.54) is 0 Å². The Morgan fingerprint density at radius 3 is 0.788 bits per heavy atom. The first-order chi connectivity index (χ1) is 13.9. The molecule has 0 unspecified atom stereocenters. The van der Waals surface area contributed by atoms with Crippen molar-refractivity contribution >= 4 is 28.9 Å². The minimum absolute atomic E-state index is 2.92. The van der Waals surface area contributed by atoms with E-state index >= 15 is 0 Å². The summed E-state index contributed by atoms with van der Waals surface area (Å²) >= 11 is 8.43. The lowest BCUT2D eigenvalue weighted by Gasteiger charge is -2.43. The van der Waals surface area contributed by atoms with Crippen LogP contribution in [-0.4, -0.2) is 53.8 Å². The Morgan fingerprint density at radius 1 is 0.394 bits per heavy atom. The smallest absolute Gasteiger partial charge is 0.201 e. The molecule has 0 radical (unpaired) electrons. The van der Waals surface area contributed by atoms with Crippen molar-refractivity contribution in [1.29, 1.82) is 0 Å². The minimum atomic E-state index is -8.54. The van der Waals surface area contributed by atoms with E-state index in [1.54, 1.807) is 0 Å². The van der Waals surface area contributed by atoms with Gasteiger partial charge in [0.05, 0.1) is 0 Å². The summed E-state index contributed by atoms with van der Waals surface area (Å²) in [4.78, 5) is 0. The molecule has 0 heterocycles. The molecule has 0 aromatic rings. The number of rotatable bonds is 10. The summed E-state index contributed by atoms with van der Waals surface area (Å²) in [6, 6.07) is 0. The van der Waals surface area contributed by atoms with Gasteiger partial charge in [0, 0.05) is 25.7 Å². The molecule has 0 amide bonds. The summed E-state index contributed by atoms with van der Waals surface area (Å²) < 4.78 is 236. The molecule has 0 N–H and O–H groups in total. The lowest BCUT2D eigenvalue weighted by molar-refractivity contribution is -0.308. The third-order valence-electron chi connectivity index (χ3n) is 3.94. The third kappa shape index (κ3) is 6.03. The summed E-state index contributed by atoms with van der Waals surface area (Å²) in [5.41, 5.74) is -14.9. The van der Waals surface area contributed by atoms with Crippen LogP contribution in [0.15, 0.2) is 0 Å². The van der Waals surface area contributed by atoms with E-state index in [0.29, 0.717) is 0 Å². The maximum absolute atomic E-state index is 13.9. The van der Waals surface area contributed by atoms with Crippen molar-refractivity contribution in [2.45, 2.75) is 72.8 Å². The lowest BCUT2D eigenvalue weighted by atomic mass is 10.1. The van der Waals surface area contributed by atoms with E-state index in [1.807, 2.05) is 0 Å². The number of halogens is 20. The molecule has 0 spiro atoms. The van der Waals surface area contributed by atoms with Crippen LogP contribution in [0.1, 0.15) is 25.7 Å². The average Bonchev–Trinajstić information content (AvgIpc) is 2.56. The molecule has 0 saturated heterocycles. The normalized spacial score (nSPS) is 16.4. The Balaban J connectivity index is 6.38. The second-order valence-electron chi connectivity index (χ2n) is 6.51. The van der Waals surface area contributed by atoms with Crippen LogP contribution in [0.25, 0.3) is 0 Å². The van der Waals surface area contributed by atoms with Crippen molar-refractivity contribution in [2.24, 2.45) is 0 Å². The standard InChI is InChI=1S/C12H8Cl2F18Si/c13-33(14,11(29,30)9(25,26)5(15,16)1-3-7(19,20)21)12(31,32)10(27,28)6(17,18)2-4-8(22,23)24/h1-4H2. The van der Waals surface area contributed by atoms with E-state index < -0.39 is 79.5 Å². The highest BCUT2D eigenvalue weighted by atomic mass is 35.7. The Hall–Kier alpha value is -0.463. The highest BCUT2D eigenvalue weighted by Crippen LogP contribution is 2.62. The molecule has 0 aliphatic carbocycles. The molecule has 0 saturated carbocycles. The topological polar surface area (TPSA) is 0 Å². The van der Waals surface area contributed by atoms with Crippen LogP contribution in [0.2, 0.25) is 0 Å². The molecule has 200 valence electrons. The zero-order chi connectivity index (χ0) is 27.3. The van der Waals surface area contributed by atoms with Crippen LogP contribution >= 0.6 is 22.2 Å². The van der Waals surface area contributed by atoms with Gasteiger partial charge in [0.2, 0.25) is 0 Å². The van der Waals surface area contributed by atoms with E-state index in [-0.39, 0.29) is 0 Å². The fraction of sp³-hybridized carbons (Fsp3) is 1.00. The molecule has 21 heteroatoms. The van der Waals surface area contributed by atoms with Crippen LogP contribution in [0.4, 0.5) is 79.0 Å². The fourth-order valence-corrected chi connectivity index (χ4v) is 4.94. The predicted molar refractivity (Wildman–Crippen MR) is 77.7 cm³/mol. The van der Waals surface area contributed by atoms with Crippen molar-refractivity contribution in [1.82, 2.24) is 0 Å². The first-order valence-corrected chi connectivity index (χ1v) is 11.7. The average molecular weight is 593 g/mol. The number of hydrogen-bond acceptors (Lipinski definition) is 0. The molecule has 0 nitrogen and oxygen atoms in total. The van der Waals surface area contributed by atoms with E-state index in [2.05, 4.69) is 22.2 Å². The van der Waals surface area contributed by atoms with Crippen LogP contribution < -0.4 is 0 Å². The molecular weight excluding hydrogens is 585 g/mol. The first kappa shape index (κ1) is 32.5. The first-order valence-electron chi connectivity index (χ1n) is 7.69. The quantitative estimate of drug-likeness (QED) is 0.136. The van der Waals surface area contributed by atoms with Crippen LogP contribution in [-0.2, 0) is 0 Å². The summed E-state index contributed by atoms with van der Waals surface area (Å²) in [6.07, 6.45) is -23.7. The third-order valence-corrected chi connectivity index (χ3v) is 8.99. The molecule has 0 aromatic carbocycles. The van der Waals surface area contributed by atoms with E-state index in [4.69, 9.17) is 0 Å². The lowest BCUT2D eigenvalue weighted by Crippen LogP contribution is -2.75. The van der Waals surface area contributed by atoms with Gasteiger partial charge in [-0.15, -0.1) is 22.2 Å². The van der Waals surface area contributed by atoms with Crippen molar-refractivity contribution in [2.75, 3.05) is 0 Å². The van der Waals surface area contributed by atoms with E-state index in [0.717, 1.165) is 0 Å². The SMILES string of the molecule is FC(F)(F)CCC(F)(F)C(F)(F)C(F)(F)[Si](Cl)(Cl)C(F)(F)C(F)(F)C(F)(F)CCC(F)(F)F. The minimum Gasteiger partial charge on any atom is -0.201 e. The van der Waals surface area contributed by atoms with Crippen molar-refractivity contribution in [3.63, 3.8) is 0 Å². The Bertz CT molecular complexity index is 623. The van der Waals surface area contributed by atoms with Gasteiger partial charge in [-0.1, -0.05) is 0 Å². The zero-order valence-corrected chi connectivity index (χ0v) is 17.4. The predicted octanol–water partition coefficient (Wildman–Crippen LogP) is 8.48. The van der Waals surface area contributed by atoms with Gasteiger partial charge in [0.1, 0.15) is 0 Å². The molecular formula is C12H8Cl2F18Si. The van der Waals surface area contributed by atoms with Crippen LogP contribution in [0.3, 0.4) is 0 Å². The largest absolute Gasteiger partial charge is 0.417 e. The highest BCUT2D eigenvalue weighted by Gasteiger charge is 2.91. The second-order valence-corrected chi connectivity index (χ2v) is 12.9. The van der Waals surface area contributed by atoms with Gasteiger partial charge in [0.25, 0.3) is 0 Å². The molecule has 0 atom stereocenters. The molecule has 0 fully saturated rings. The van der Waals surface area contributed by atoms with Gasteiger partial charge < -0.3 is 0 Å².